The number of pyridine rings is 1. The molecule has 0 saturated heterocycles. The molecular formula is C15H17N3O3. The summed E-state index contributed by atoms with van der Waals surface area (Å²) in [5, 5.41) is 14.2. The van der Waals surface area contributed by atoms with Crippen LogP contribution < -0.4 is 10.1 Å². The van der Waals surface area contributed by atoms with Crippen LogP contribution in [0, 0.1) is 17.0 Å². The highest BCUT2D eigenvalue weighted by atomic mass is 16.6. The molecule has 1 atom stereocenters. The number of aromatic nitrogens is 1. The predicted octanol–water partition coefficient (Wildman–Crippen LogP) is 3.48. The first-order valence-electron chi connectivity index (χ1n) is 6.53. The van der Waals surface area contributed by atoms with Crippen LogP contribution >= 0.6 is 0 Å². The van der Waals surface area contributed by atoms with Gasteiger partial charge in [-0.1, -0.05) is 12.1 Å². The van der Waals surface area contributed by atoms with Crippen molar-refractivity contribution in [2.75, 3.05) is 12.4 Å². The van der Waals surface area contributed by atoms with Gasteiger partial charge < -0.3 is 10.1 Å². The monoisotopic (exact) mass is 287 g/mol. The highest BCUT2D eigenvalue weighted by Gasteiger charge is 2.20. The van der Waals surface area contributed by atoms with E-state index in [2.05, 4.69) is 10.3 Å². The summed E-state index contributed by atoms with van der Waals surface area (Å²) >= 11 is 0. The molecule has 1 unspecified atom stereocenters. The molecule has 1 N–H and O–H groups in total. The van der Waals surface area contributed by atoms with Gasteiger partial charge >= 0.3 is 5.69 Å². The maximum Gasteiger partial charge on any atom is 0.314 e. The number of aryl methyl sites for hydroxylation is 1. The van der Waals surface area contributed by atoms with Crippen LogP contribution in [-0.4, -0.2) is 17.0 Å². The topological polar surface area (TPSA) is 77.3 Å². The van der Waals surface area contributed by atoms with Gasteiger partial charge in [0, 0.05) is 11.8 Å². The van der Waals surface area contributed by atoms with Crippen LogP contribution in [0.5, 0.6) is 5.75 Å². The smallest absolute Gasteiger partial charge is 0.314 e. The summed E-state index contributed by atoms with van der Waals surface area (Å²) in [6.07, 6.45) is 1.56. The Kier molecular flexibility index (Phi) is 4.37. The van der Waals surface area contributed by atoms with Crippen LogP contribution in [0.2, 0.25) is 0 Å². The number of nitrogens with one attached hydrogen (secondary N) is 1. The second-order valence-electron chi connectivity index (χ2n) is 4.72. The molecule has 0 fully saturated rings. The van der Waals surface area contributed by atoms with Crippen molar-refractivity contribution in [1.29, 1.82) is 0 Å². The fourth-order valence-electron chi connectivity index (χ4n) is 2.07. The fourth-order valence-corrected chi connectivity index (χ4v) is 2.07. The van der Waals surface area contributed by atoms with Gasteiger partial charge in [-0.05, 0) is 37.6 Å². The molecule has 1 aromatic heterocycles. The van der Waals surface area contributed by atoms with E-state index in [4.69, 9.17) is 4.74 Å². The van der Waals surface area contributed by atoms with Crippen LogP contribution in [0.4, 0.5) is 11.5 Å². The maximum atomic E-state index is 11.2. The molecule has 1 aromatic carbocycles. The first-order valence-corrected chi connectivity index (χ1v) is 6.53. The van der Waals surface area contributed by atoms with Crippen LogP contribution in [0.25, 0.3) is 0 Å². The Bertz CT molecular complexity index is 641. The van der Waals surface area contributed by atoms with E-state index < -0.39 is 4.92 Å². The third-order valence-electron chi connectivity index (χ3n) is 3.28. The molecule has 0 aliphatic carbocycles. The average Bonchev–Trinajstić information content (AvgIpc) is 2.47. The Morgan fingerprint density at radius 3 is 2.52 bits per heavy atom. The molecule has 1 heterocycles. The fraction of sp³-hybridized carbons (Fsp3) is 0.267. The average molecular weight is 287 g/mol. The van der Waals surface area contributed by atoms with Gasteiger partial charge in [0.15, 0.2) is 0 Å². The van der Waals surface area contributed by atoms with E-state index in [1.807, 2.05) is 31.2 Å². The van der Waals surface area contributed by atoms with Crippen molar-refractivity contribution in [2.45, 2.75) is 19.9 Å². The largest absolute Gasteiger partial charge is 0.497 e. The Labute approximate surface area is 122 Å². The van der Waals surface area contributed by atoms with E-state index in [-0.39, 0.29) is 17.5 Å². The van der Waals surface area contributed by atoms with Crippen molar-refractivity contribution in [3.8, 4) is 5.75 Å². The number of benzene rings is 1. The molecule has 0 aliphatic heterocycles. The molecule has 0 aliphatic rings. The SMILES string of the molecule is COc1ccc(C(C)Nc2nccc(C)c2[N+](=O)[O-])cc1. The number of nitrogens with zero attached hydrogens (tertiary/aromatic N) is 2. The first-order chi connectivity index (χ1) is 10.0. The quantitative estimate of drug-likeness (QED) is 0.673. The number of nitro groups is 1. The van der Waals surface area contributed by atoms with E-state index in [1.165, 1.54) is 0 Å². The lowest BCUT2D eigenvalue weighted by atomic mass is 10.1. The minimum atomic E-state index is -0.411. The van der Waals surface area contributed by atoms with Crippen LogP contribution in [0.15, 0.2) is 36.5 Å². The third-order valence-corrected chi connectivity index (χ3v) is 3.28. The molecule has 6 heteroatoms. The number of rotatable bonds is 5. The minimum absolute atomic E-state index is 0.0119. The lowest BCUT2D eigenvalue weighted by molar-refractivity contribution is -0.384. The number of hydrogen-bond donors (Lipinski definition) is 1. The molecular weight excluding hydrogens is 270 g/mol. The van der Waals surface area contributed by atoms with Crippen molar-refractivity contribution < 1.29 is 9.66 Å². The normalized spacial score (nSPS) is 11.8. The Morgan fingerprint density at radius 1 is 1.29 bits per heavy atom. The van der Waals surface area contributed by atoms with E-state index in [9.17, 15) is 10.1 Å². The van der Waals surface area contributed by atoms with Gasteiger partial charge in [-0.3, -0.25) is 10.1 Å². The second-order valence-corrected chi connectivity index (χ2v) is 4.72. The van der Waals surface area contributed by atoms with Gasteiger partial charge in [-0.15, -0.1) is 0 Å². The summed E-state index contributed by atoms with van der Waals surface area (Å²) in [7, 11) is 1.61. The highest BCUT2D eigenvalue weighted by molar-refractivity contribution is 5.60. The first kappa shape index (κ1) is 14.8. The molecule has 0 bridgehead atoms. The minimum Gasteiger partial charge on any atom is -0.497 e. The summed E-state index contributed by atoms with van der Waals surface area (Å²) in [6, 6.07) is 9.05. The molecule has 0 amide bonds. The number of hydrogen-bond acceptors (Lipinski definition) is 5. The molecule has 0 radical (unpaired) electrons. The van der Waals surface area contributed by atoms with Crippen molar-refractivity contribution in [3.05, 3.63) is 57.8 Å². The van der Waals surface area contributed by atoms with Crippen LogP contribution in [-0.2, 0) is 0 Å². The van der Waals surface area contributed by atoms with Crippen molar-refractivity contribution >= 4 is 11.5 Å². The second kappa shape index (κ2) is 6.21. The Hall–Kier alpha value is -2.63. The van der Waals surface area contributed by atoms with E-state index in [1.54, 1.807) is 26.3 Å². The number of methoxy groups -OCH3 is 1. The molecule has 6 nitrogen and oxygen atoms in total. The zero-order valence-corrected chi connectivity index (χ0v) is 12.2. The molecule has 0 spiro atoms. The number of ether oxygens (including phenoxy) is 1. The van der Waals surface area contributed by atoms with Crippen molar-refractivity contribution in [2.24, 2.45) is 0 Å². The molecule has 2 rings (SSSR count). The van der Waals surface area contributed by atoms with E-state index in [0.29, 0.717) is 5.56 Å². The Morgan fingerprint density at radius 2 is 1.95 bits per heavy atom. The molecule has 0 saturated carbocycles. The zero-order valence-electron chi connectivity index (χ0n) is 12.2. The van der Waals surface area contributed by atoms with Gasteiger partial charge in [0.05, 0.1) is 18.1 Å². The van der Waals surface area contributed by atoms with Gasteiger partial charge in [-0.25, -0.2) is 4.98 Å². The zero-order chi connectivity index (χ0) is 15.4. The van der Waals surface area contributed by atoms with Crippen molar-refractivity contribution in [1.82, 2.24) is 4.98 Å². The lowest BCUT2D eigenvalue weighted by Gasteiger charge is -2.15. The maximum absolute atomic E-state index is 11.2. The van der Waals surface area contributed by atoms with Gasteiger partial charge in [0.25, 0.3) is 0 Å². The van der Waals surface area contributed by atoms with E-state index >= 15 is 0 Å². The third kappa shape index (κ3) is 3.28. The van der Waals surface area contributed by atoms with Crippen LogP contribution in [0.1, 0.15) is 24.1 Å². The standard InChI is InChI=1S/C15H17N3O3/c1-10-8-9-16-15(14(10)18(19)20)17-11(2)12-4-6-13(21-3)7-5-12/h4-9,11H,1-3H3,(H,16,17). The molecule has 21 heavy (non-hydrogen) atoms. The van der Waals surface area contributed by atoms with Gasteiger partial charge in [0.2, 0.25) is 5.82 Å². The summed E-state index contributed by atoms with van der Waals surface area (Å²) in [4.78, 5) is 14.8. The van der Waals surface area contributed by atoms with Crippen LogP contribution in [0.3, 0.4) is 0 Å². The van der Waals surface area contributed by atoms with E-state index in [0.717, 1.165) is 11.3 Å². The summed E-state index contributed by atoms with van der Waals surface area (Å²) in [5.41, 5.74) is 1.59. The van der Waals surface area contributed by atoms with Gasteiger partial charge in [-0.2, -0.15) is 0 Å². The lowest BCUT2D eigenvalue weighted by Crippen LogP contribution is -2.10. The Balaban J connectivity index is 2.24. The number of anilines is 1. The summed E-state index contributed by atoms with van der Waals surface area (Å²) < 4.78 is 5.11. The molecule has 2 aromatic rings. The molecule has 110 valence electrons. The van der Waals surface area contributed by atoms with Crippen molar-refractivity contribution in [3.63, 3.8) is 0 Å². The highest BCUT2D eigenvalue weighted by Crippen LogP contribution is 2.29. The summed E-state index contributed by atoms with van der Waals surface area (Å²) in [5.74, 6) is 1.05. The summed E-state index contributed by atoms with van der Waals surface area (Å²) in [6.45, 7) is 3.62. The van der Waals surface area contributed by atoms with Gasteiger partial charge in [0.1, 0.15) is 5.75 Å². The predicted molar refractivity (Wildman–Crippen MR) is 80.7 cm³/mol.